The summed E-state index contributed by atoms with van der Waals surface area (Å²) in [7, 11) is 0. The highest BCUT2D eigenvalue weighted by Gasteiger charge is 2.29. The number of carbonyl (C=O) groups excluding carboxylic acids is 2. The molecule has 1 aliphatic heterocycles. The van der Waals surface area contributed by atoms with E-state index in [1.165, 1.54) is 12.1 Å². The van der Waals surface area contributed by atoms with E-state index in [0.29, 0.717) is 61.5 Å². The molecule has 1 unspecified atom stereocenters. The molecule has 2 aromatic heterocycles. The molecule has 1 fully saturated rings. The van der Waals surface area contributed by atoms with Crippen LogP contribution >= 0.6 is 12.2 Å². The van der Waals surface area contributed by atoms with Crippen molar-refractivity contribution >= 4 is 40.7 Å². The van der Waals surface area contributed by atoms with Crippen molar-refractivity contribution in [3.63, 3.8) is 0 Å². The summed E-state index contributed by atoms with van der Waals surface area (Å²) in [5, 5.41) is 15.4. The van der Waals surface area contributed by atoms with E-state index >= 15 is 0 Å². The van der Waals surface area contributed by atoms with Gasteiger partial charge < -0.3 is 25.2 Å². The molecule has 0 bridgehead atoms. The number of nitrogens with zero attached hydrogens (tertiary/aromatic N) is 6. The monoisotopic (exact) mass is 542 g/mol. The van der Waals surface area contributed by atoms with Gasteiger partial charge in [0.25, 0.3) is 0 Å². The van der Waals surface area contributed by atoms with Crippen molar-refractivity contribution in [2.75, 3.05) is 43.4 Å². The fourth-order valence-corrected chi connectivity index (χ4v) is 4.31. The molecule has 0 radical (unpaired) electrons. The van der Waals surface area contributed by atoms with Gasteiger partial charge in [0.15, 0.2) is 5.11 Å². The molecular formula is C25H31FN8O3S. The number of halogens is 1. The number of nitrogens with one attached hydrogen (secondary N) is 2. The summed E-state index contributed by atoms with van der Waals surface area (Å²) < 4.78 is 21.5. The van der Waals surface area contributed by atoms with Gasteiger partial charge in [-0.3, -0.25) is 14.2 Å². The molecule has 202 valence electrons. The Labute approximate surface area is 225 Å². The lowest BCUT2D eigenvalue weighted by molar-refractivity contribution is -0.136. The largest absolute Gasteiger partial charge is 0.450 e. The molecule has 2 N–H and O–H groups in total. The topological polar surface area (TPSA) is 110 Å². The van der Waals surface area contributed by atoms with Crippen LogP contribution in [-0.4, -0.2) is 79.3 Å². The van der Waals surface area contributed by atoms with Crippen LogP contribution in [0.5, 0.6) is 0 Å². The highest BCUT2D eigenvalue weighted by molar-refractivity contribution is 7.80. The van der Waals surface area contributed by atoms with Crippen molar-refractivity contribution in [2.45, 2.75) is 33.4 Å². The average molecular weight is 543 g/mol. The van der Waals surface area contributed by atoms with Gasteiger partial charge in [0.1, 0.15) is 11.9 Å². The molecule has 0 spiro atoms. The minimum atomic E-state index is -0.524. The number of benzene rings is 1. The summed E-state index contributed by atoms with van der Waals surface area (Å²) in [5.41, 5.74) is 2.98. The zero-order valence-corrected chi connectivity index (χ0v) is 22.4. The van der Waals surface area contributed by atoms with E-state index in [0.717, 1.165) is 5.56 Å². The van der Waals surface area contributed by atoms with Crippen LogP contribution in [0.4, 0.5) is 20.6 Å². The van der Waals surface area contributed by atoms with Gasteiger partial charge in [0.2, 0.25) is 5.91 Å². The smallest absolute Gasteiger partial charge is 0.409 e. The third kappa shape index (κ3) is 6.65. The number of hydrogen-bond acceptors (Lipinski definition) is 6. The highest BCUT2D eigenvalue weighted by atomic mass is 32.1. The van der Waals surface area contributed by atoms with E-state index in [2.05, 4.69) is 20.8 Å². The van der Waals surface area contributed by atoms with Gasteiger partial charge in [-0.15, -0.1) is 0 Å². The third-order valence-corrected chi connectivity index (χ3v) is 6.39. The number of carbonyl (C=O) groups is 2. The maximum absolute atomic E-state index is 13.1. The van der Waals surface area contributed by atoms with Gasteiger partial charge in [-0.1, -0.05) is 12.1 Å². The Morgan fingerprint density at radius 2 is 1.79 bits per heavy atom. The minimum absolute atomic E-state index is 0.0724. The fraction of sp³-hybridized carbons (Fsp3) is 0.400. The molecule has 3 heterocycles. The van der Waals surface area contributed by atoms with Crippen molar-refractivity contribution < 1.29 is 18.7 Å². The first-order chi connectivity index (χ1) is 18.2. The lowest BCUT2D eigenvalue weighted by atomic mass is 10.2. The van der Waals surface area contributed by atoms with Crippen LogP contribution in [0.15, 0.2) is 42.9 Å². The summed E-state index contributed by atoms with van der Waals surface area (Å²) in [4.78, 5) is 28.3. The number of aromatic nitrogens is 4. The first kappa shape index (κ1) is 27.0. The molecule has 0 aliphatic carbocycles. The van der Waals surface area contributed by atoms with Gasteiger partial charge in [-0.25, -0.2) is 9.18 Å². The zero-order valence-electron chi connectivity index (χ0n) is 21.6. The van der Waals surface area contributed by atoms with E-state index in [9.17, 15) is 14.0 Å². The molecule has 4 rings (SSSR count). The second kappa shape index (κ2) is 12.0. The van der Waals surface area contributed by atoms with Crippen LogP contribution in [-0.2, 0) is 16.1 Å². The van der Waals surface area contributed by atoms with E-state index in [-0.39, 0.29) is 17.8 Å². The maximum atomic E-state index is 13.1. The normalized spacial score (nSPS) is 14.2. The third-order valence-electron chi connectivity index (χ3n) is 6.19. The molecule has 0 saturated carbocycles. The Morgan fingerprint density at radius 3 is 2.47 bits per heavy atom. The van der Waals surface area contributed by atoms with Crippen molar-refractivity contribution in [1.29, 1.82) is 0 Å². The molecule has 38 heavy (non-hydrogen) atoms. The van der Waals surface area contributed by atoms with Crippen LogP contribution in [0.3, 0.4) is 0 Å². The van der Waals surface area contributed by atoms with E-state index in [4.69, 9.17) is 17.0 Å². The van der Waals surface area contributed by atoms with Crippen LogP contribution in [0.2, 0.25) is 0 Å². The second-order valence-corrected chi connectivity index (χ2v) is 9.34. The number of amides is 2. The highest BCUT2D eigenvalue weighted by Crippen LogP contribution is 2.19. The fourth-order valence-electron chi connectivity index (χ4n) is 4.08. The molecule has 1 aliphatic rings. The molecular weight excluding hydrogens is 511 g/mol. The minimum Gasteiger partial charge on any atom is -0.450 e. The van der Waals surface area contributed by atoms with Crippen LogP contribution in [0.1, 0.15) is 31.1 Å². The van der Waals surface area contributed by atoms with Gasteiger partial charge in [-0.2, -0.15) is 10.2 Å². The Bertz CT molecular complexity index is 1280. The van der Waals surface area contributed by atoms with Crippen molar-refractivity contribution in [2.24, 2.45) is 0 Å². The Balaban J connectivity index is 1.30. The predicted molar refractivity (Wildman–Crippen MR) is 144 cm³/mol. The summed E-state index contributed by atoms with van der Waals surface area (Å²) >= 11 is 5.46. The second-order valence-electron chi connectivity index (χ2n) is 8.93. The van der Waals surface area contributed by atoms with E-state index in [1.54, 1.807) is 63.7 Å². The molecule has 1 saturated heterocycles. The average Bonchev–Trinajstić information content (AvgIpc) is 3.50. The summed E-state index contributed by atoms with van der Waals surface area (Å²) in [6, 6.07) is 5.74. The Kier molecular flexibility index (Phi) is 8.56. The van der Waals surface area contributed by atoms with E-state index < -0.39 is 6.04 Å². The molecule has 1 atom stereocenters. The molecule has 3 aromatic rings. The van der Waals surface area contributed by atoms with Gasteiger partial charge >= 0.3 is 6.09 Å². The Hall–Kier alpha value is -4.00. The number of piperazine rings is 1. The van der Waals surface area contributed by atoms with E-state index in [1.807, 2.05) is 6.92 Å². The molecule has 2 amide bonds. The zero-order chi connectivity index (χ0) is 27.2. The van der Waals surface area contributed by atoms with Crippen molar-refractivity contribution in [1.82, 2.24) is 29.4 Å². The van der Waals surface area contributed by atoms with Crippen molar-refractivity contribution in [3.05, 3.63) is 59.9 Å². The first-order valence-corrected chi connectivity index (χ1v) is 12.8. The number of ether oxygens (including phenoxy) is 1. The summed E-state index contributed by atoms with van der Waals surface area (Å²) in [6.07, 6.45) is 4.85. The summed E-state index contributed by atoms with van der Waals surface area (Å²) in [5.74, 6) is -0.351. The van der Waals surface area contributed by atoms with Gasteiger partial charge in [0.05, 0.1) is 36.4 Å². The lowest BCUT2D eigenvalue weighted by Crippen LogP contribution is -2.52. The number of thiocarbonyl (C=S) groups is 1. The van der Waals surface area contributed by atoms with Crippen LogP contribution < -0.4 is 10.6 Å². The van der Waals surface area contributed by atoms with Crippen LogP contribution in [0.25, 0.3) is 0 Å². The maximum Gasteiger partial charge on any atom is 0.409 e. The standard InChI is InChI=1S/C25H31FN8O3S/c1-4-37-25(36)32-11-9-31(10-12-32)23(35)18(3)34-16-22(17(2)30-34)29-24(38)28-21-13-27-33(15-21)14-19-5-7-20(26)8-6-19/h5-8,13,15-16,18H,4,9-12,14H2,1-3H3,(H2,28,29,38). The SMILES string of the molecule is CCOC(=O)N1CCN(C(=O)C(C)n2cc(NC(=S)Nc3cnn(Cc4ccc(F)cc4)c3)c(C)n2)CC1. The number of anilines is 2. The number of aryl methyl sites for hydroxylation is 1. The summed E-state index contributed by atoms with van der Waals surface area (Å²) in [6.45, 7) is 7.96. The van der Waals surface area contributed by atoms with Gasteiger partial charge in [0, 0.05) is 38.6 Å². The van der Waals surface area contributed by atoms with Crippen LogP contribution in [0, 0.1) is 12.7 Å². The Morgan fingerprint density at radius 1 is 1.11 bits per heavy atom. The number of rotatable bonds is 7. The quantitative estimate of drug-likeness (QED) is 0.438. The molecule has 13 heteroatoms. The first-order valence-electron chi connectivity index (χ1n) is 12.3. The molecule has 11 nitrogen and oxygen atoms in total. The van der Waals surface area contributed by atoms with Crippen molar-refractivity contribution in [3.8, 4) is 0 Å². The van der Waals surface area contributed by atoms with Gasteiger partial charge in [-0.05, 0) is 50.7 Å². The molecule has 1 aromatic carbocycles. The lowest BCUT2D eigenvalue weighted by Gasteiger charge is -2.35. The number of hydrogen-bond donors (Lipinski definition) is 2. The predicted octanol–water partition coefficient (Wildman–Crippen LogP) is 3.25.